The van der Waals surface area contributed by atoms with Crippen LogP contribution in [0.3, 0.4) is 0 Å². The zero-order chi connectivity index (χ0) is 8.10. The van der Waals surface area contributed by atoms with Crippen molar-refractivity contribution >= 4 is 22.6 Å². The summed E-state index contributed by atoms with van der Waals surface area (Å²) in [5.41, 5.74) is 0. The van der Waals surface area contributed by atoms with Gasteiger partial charge < -0.3 is 5.32 Å². The first-order chi connectivity index (χ1) is 5.38. The summed E-state index contributed by atoms with van der Waals surface area (Å²) in [5.74, 6) is 0. The van der Waals surface area contributed by atoms with Crippen molar-refractivity contribution in [1.29, 1.82) is 0 Å². The van der Waals surface area contributed by atoms with E-state index in [1.807, 2.05) is 7.05 Å². The number of rotatable bonds is 4. The fourth-order valence-electron chi connectivity index (χ4n) is 1.76. The molecule has 1 rings (SSSR count). The summed E-state index contributed by atoms with van der Waals surface area (Å²) in [6, 6.07) is 0.815. The van der Waals surface area contributed by atoms with Gasteiger partial charge in [-0.3, -0.25) is 4.90 Å². The minimum Gasteiger partial charge on any atom is -0.318 e. The molecule has 0 aliphatic carbocycles. The van der Waals surface area contributed by atoms with Crippen molar-refractivity contribution in [2.24, 2.45) is 0 Å². The summed E-state index contributed by atoms with van der Waals surface area (Å²) in [6.45, 7) is 3.75. The van der Waals surface area contributed by atoms with Gasteiger partial charge in [0.25, 0.3) is 0 Å². The Kier molecular flexibility index (Phi) is 4.71. The molecule has 1 heterocycles. The first-order valence-corrected chi connectivity index (χ1v) is 5.85. The molecule has 0 bridgehead atoms. The van der Waals surface area contributed by atoms with Gasteiger partial charge in [-0.05, 0) is 26.4 Å². The molecule has 1 fully saturated rings. The Labute approximate surface area is 82.9 Å². The number of hydrogen-bond donors (Lipinski definition) is 1. The van der Waals surface area contributed by atoms with Crippen LogP contribution in [-0.2, 0) is 0 Å². The molecule has 1 aliphatic rings. The van der Waals surface area contributed by atoms with Crippen LogP contribution >= 0.6 is 22.6 Å². The van der Waals surface area contributed by atoms with Crippen molar-refractivity contribution in [3.63, 3.8) is 0 Å². The summed E-state index contributed by atoms with van der Waals surface area (Å²) < 4.78 is 1.26. The van der Waals surface area contributed by atoms with Crippen LogP contribution in [0.5, 0.6) is 0 Å². The van der Waals surface area contributed by atoms with Crippen molar-refractivity contribution in [2.75, 3.05) is 31.1 Å². The van der Waals surface area contributed by atoms with E-state index in [1.165, 1.54) is 30.4 Å². The largest absolute Gasteiger partial charge is 0.318 e. The van der Waals surface area contributed by atoms with Crippen molar-refractivity contribution in [2.45, 2.75) is 18.9 Å². The smallest absolute Gasteiger partial charge is 0.0221 e. The number of nitrogens with zero attached hydrogens (tertiary/aromatic N) is 1. The maximum Gasteiger partial charge on any atom is 0.0221 e. The van der Waals surface area contributed by atoms with Crippen LogP contribution in [0.2, 0.25) is 0 Å². The van der Waals surface area contributed by atoms with Crippen molar-refractivity contribution in [3.8, 4) is 0 Å². The zero-order valence-electron chi connectivity index (χ0n) is 7.15. The molecule has 66 valence electrons. The number of halogens is 1. The highest BCUT2D eigenvalue weighted by atomic mass is 127. The van der Waals surface area contributed by atoms with Gasteiger partial charge in [-0.2, -0.15) is 0 Å². The first kappa shape index (κ1) is 9.74. The van der Waals surface area contributed by atoms with Gasteiger partial charge in [0.1, 0.15) is 0 Å². The second-order valence-electron chi connectivity index (χ2n) is 3.08. The molecule has 0 aromatic heterocycles. The topological polar surface area (TPSA) is 15.3 Å². The standard InChI is InChI=1S/C8H17IN2/c1-10-7-8-3-2-5-11(8)6-4-9/h8,10H,2-7H2,1H3/t8-/m1/s1. The summed E-state index contributed by atoms with van der Waals surface area (Å²) in [5, 5.41) is 3.25. The number of alkyl halides is 1. The molecule has 1 aliphatic heterocycles. The summed E-state index contributed by atoms with van der Waals surface area (Å²) in [6.07, 6.45) is 2.78. The predicted molar refractivity (Wildman–Crippen MR) is 57.4 cm³/mol. The Morgan fingerprint density at radius 3 is 3.09 bits per heavy atom. The van der Waals surface area contributed by atoms with Gasteiger partial charge in [0, 0.05) is 23.6 Å². The van der Waals surface area contributed by atoms with Gasteiger partial charge in [0.2, 0.25) is 0 Å². The van der Waals surface area contributed by atoms with Gasteiger partial charge in [0.05, 0.1) is 0 Å². The summed E-state index contributed by atoms with van der Waals surface area (Å²) in [7, 11) is 2.04. The maximum absolute atomic E-state index is 3.25. The lowest BCUT2D eigenvalue weighted by Crippen LogP contribution is -2.37. The normalized spacial score (nSPS) is 26.2. The van der Waals surface area contributed by atoms with Crippen LogP contribution < -0.4 is 5.32 Å². The highest BCUT2D eigenvalue weighted by Crippen LogP contribution is 2.15. The van der Waals surface area contributed by atoms with E-state index in [-0.39, 0.29) is 0 Å². The highest BCUT2D eigenvalue weighted by Gasteiger charge is 2.22. The minimum absolute atomic E-state index is 0.815. The Hall–Kier alpha value is 0.650. The molecule has 0 spiro atoms. The third-order valence-electron chi connectivity index (χ3n) is 2.31. The number of nitrogens with one attached hydrogen (secondary N) is 1. The molecule has 1 atom stereocenters. The molecular weight excluding hydrogens is 251 g/mol. The van der Waals surface area contributed by atoms with E-state index in [2.05, 4.69) is 32.8 Å². The molecule has 0 unspecified atom stereocenters. The summed E-state index contributed by atoms with van der Waals surface area (Å²) in [4.78, 5) is 2.60. The Bertz CT molecular complexity index is 96.3. The molecule has 0 radical (unpaired) electrons. The molecule has 1 N–H and O–H groups in total. The van der Waals surface area contributed by atoms with Crippen LogP contribution in [-0.4, -0.2) is 42.1 Å². The fraction of sp³-hybridized carbons (Fsp3) is 1.00. The number of likely N-dealkylation sites (N-methyl/N-ethyl adjacent to an activating group) is 1. The molecule has 3 heteroatoms. The molecule has 0 saturated carbocycles. The minimum atomic E-state index is 0.815. The molecule has 2 nitrogen and oxygen atoms in total. The van der Waals surface area contributed by atoms with E-state index < -0.39 is 0 Å². The fourth-order valence-corrected chi connectivity index (χ4v) is 2.38. The van der Waals surface area contributed by atoms with E-state index in [0.717, 1.165) is 12.6 Å². The van der Waals surface area contributed by atoms with Crippen molar-refractivity contribution in [1.82, 2.24) is 10.2 Å². The molecule has 11 heavy (non-hydrogen) atoms. The second kappa shape index (κ2) is 5.32. The lowest BCUT2D eigenvalue weighted by molar-refractivity contribution is 0.267. The van der Waals surface area contributed by atoms with Crippen molar-refractivity contribution in [3.05, 3.63) is 0 Å². The Morgan fingerprint density at radius 2 is 2.45 bits per heavy atom. The Morgan fingerprint density at radius 1 is 1.64 bits per heavy atom. The average molecular weight is 268 g/mol. The van der Waals surface area contributed by atoms with E-state index in [4.69, 9.17) is 0 Å². The van der Waals surface area contributed by atoms with Gasteiger partial charge in [-0.15, -0.1) is 0 Å². The number of likely N-dealkylation sites (tertiary alicyclic amines) is 1. The van der Waals surface area contributed by atoms with Crippen LogP contribution in [0, 0.1) is 0 Å². The average Bonchev–Trinajstić information content (AvgIpc) is 2.39. The molecule has 1 saturated heterocycles. The third-order valence-corrected chi connectivity index (χ3v) is 2.79. The lowest BCUT2D eigenvalue weighted by Gasteiger charge is -2.22. The van der Waals surface area contributed by atoms with E-state index in [1.54, 1.807) is 0 Å². The maximum atomic E-state index is 3.25. The monoisotopic (exact) mass is 268 g/mol. The van der Waals surface area contributed by atoms with Crippen LogP contribution in [0.25, 0.3) is 0 Å². The first-order valence-electron chi connectivity index (χ1n) is 4.33. The van der Waals surface area contributed by atoms with Crippen LogP contribution in [0.15, 0.2) is 0 Å². The summed E-state index contributed by atoms with van der Waals surface area (Å²) >= 11 is 2.45. The second-order valence-corrected chi connectivity index (χ2v) is 4.16. The van der Waals surface area contributed by atoms with Gasteiger partial charge in [-0.25, -0.2) is 0 Å². The zero-order valence-corrected chi connectivity index (χ0v) is 9.30. The van der Waals surface area contributed by atoms with Crippen LogP contribution in [0.1, 0.15) is 12.8 Å². The van der Waals surface area contributed by atoms with Crippen LogP contribution in [0.4, 0.5) is 0 Å². The number of hydrogen-bond acceptors (Lipinski definition) is 2. The van der Waals surface area contributed by atoms with E-state index in [9.17, 15) is 0 Å². The predicted octanol–water partition coefficient (Wildman–Crippen LogP) is 1.11. The van der Waals surface area contributed by atoms with Crippen molar-refractivity contribution < 1.29 is 0 Å². The molecule has 0 amide bonds. The van der Waals surface area contributed by atoms with Gasteiger partial charge >= 0.3 is 0 Å². The SMILES string of the molecule is CNC[C@H]1CCCN1CCI. The molecule has 0 aromatic rings. The van der Waals surface area contributed by atoms with Gasteiger partial charge in [0.15, 0.2) is 0 Å². The van der Waals surface area contributed by atoms with E-state index in [0.29, 0.717) is 0 Å². The third kappa shape index (κ3) is 2.87. The quantitative estimate of drug-likeness (QED) is 0.607. The lowest BCUT2D eigenvalue weighted by atomic mass is 10.2. The van der Waals surface area contributed by atoms with E-state index >= 15 is 0 Å². The van der Waals surface area contributed by atoms with Gasteiger partial charge in [-0.1, -0.05) is 22.6 Å². The highest BCUT2D eigenvalue weighted by molar-refractivity contribution is 14.1. The molecule has 0 aromatic carbocycles. The molecular formula is C8H17IN2. The Balaban J connectivity index is 2.25.